The monoisotopic (exact) mass is 207 g/mol. The van der Waals surface area contributed by atoms with Crippen LogP contribution in [0.25, 0.3) is 0 Å². The molecule has 15 heavy (non-hydrogen) atoms. The van der Waals surface area contributed by atoms with Crippen molar-refractivity contribution in [2.75, 3.05) is 14.1 Å². The summed E-state index contributed by atoms with van der Waals surface area (Å²) in [6.45, 7) is 0. The zero-order valence-corrected chi connectivity index (χ0v) is 9.79. The Hall–Kier alpha value is -0.590. The predicted octanol–water partition coefficient (Wildman–Crippen LogP) is 1.50. The molecule has 0 heterocycles. The van der Waals surface area contributed by atoms with Gasteiger partial charge in [0.1, 0.15) is 5.54 Å². The number of hydrogen-bond donors (Lipinski definition) is 1. The lowest BCUT2D eigenvalue weighted by atomic mass is 9.90. The molecule has 2 unspecified atom stereocenters. The molecule has 84 valence electrons. The van der Waals surface area contributed by atoms with Gasteiger partial charge in [-0.2, -0.15) is 5.26 Å². The van der Waals surface area contributed by atoms with Crippen molar-refractivity contribution in [3.8, 4) is 6.07 Å². The highest BCUT2D eigenvalue weighted by molar-refractivity contribution is 5.13. The zero-order chi connectivity index (χ0) is 10.9. The molecule has 0 aromatic carbocycles. The van der Waals surface area contributed by atoms with Gasteiger partial charge < -0.3 is 10.2 Å². The quantitative estimate of drug-likeness (QED) is 0.762. The standard InChI is InChI=1S/C12H21N3/c1-14-12(9-13)7-6-11(8-12)15(2)10-4-3-5-10/h10-11,14H,3-8H2,1-2H3. The third kappa shape index (κ3) is 1.89. The van der Waals surface area contributed by atoms with Crippen LogP contribution in [0.15, 0.2) is 0 Å². The number of hydrogen-bond acceptors (Lipinski definition) is 3. The Morgan fingerprint density at radius 1 is 1.33 bits per heavy atom. The minimum absolute atomic E-state index is 0.247. The average Bonchev–Trinajstić information content (AvgIpc) is 2.60. The van der Waals surface area contributed by atoms with Crippen molar-refractivity contribution >= 4 is 0 Å². The van der Waals surface area contributed by atoms with E-state index in [2.05, 4.69) is 23.3 Å². The van der Waals surface area contributed by atoms with Gasteiger partial charge in [-0.3, -0.25) is 0 Å². The van der Waals surface area contributed by atoms with Gasteiger partial charge in [-0.05, 0) is 46.2 Å². The molecule has 0 radical (unpaired) electrons. The van der Waals surface area contributed by atoms with Gasteiger partial charge in [0.15, 0.2) is 0 Å². The second-order valence-electron chi connectivity index (χ2n) is 5.09. The van der Waals surface area contributed by atoms with Crippen molar-refractivity contribution in [2.45, 2.75) is 56.1 Å². The third-order valence-corrected chi connectivity index (χ3v) is 4.41. The summed E-state index contributed by atoms with van der Waals surface area (Å²) in [7, 11) is 4.15. The van der Waals surface area contributed by atoms with E-state index in [4.69, 9.17) is 0 Å². The molecule has 0 bridgehead atoms. The zero-order valence-electron chi connectivity index (χ0n) is 9.79. The first-order chi connectivity index (χ1) is 7.21. The van der Waals surface area contributed by atoms with Gasteiger partial charge in [0, 0.05) is 12.1 Å². The maximum absolute atomic E-state index is 9.19. The molecular weight excluding hydrogens is 186 g/mol. The van der Waals surface area contributed by atoms with Crippen molar-refractivity contribution in [1.29, 1.82) is 5.26 Å². The Bertz CT molecular complexity index is 267. The molecule has 3 nitrogen and oxygen atoms in total. The average molecular weight is 207 g/mol. The Morgan fingerprint density at radius 3 is 2.47 bits per heavy atom. The fraction of sp³-hybridized carbons (Fsp3) is 0.917. The van der Waals surface area contributed by atoms with Crippen molar-refractivity contribution < 1.29 is 0 Å². The van der Waals surface area contributed by atoms with E-state index in [0.717, 1.165) is 18.9 Å². The largest absolute Gasteiger partial charge is 0.302 e. The molecule has 0 aromatic rings. The molecule has 2 rings (SSSR count). The van der Waals surface area contributed by atoms with Crippen LogP contribution in [0.5, 0.6) is 0 Å². The number of nitriles is 1. The fourth-order valence-corrected chi connectivity index (χ4v) is 2.84. The molecule has 2 atom stereocenters. The second kappa shape index (κ2) is 4.11. The van der Waals surface area contributed by atoms with E-state index < -0.39 is 0 Å². The van der Waals surface area contributed by atoms with E-state index in [9.17, 15) is 5.26 Å². The summed E-state index contributed by atoms with van der Waals surface area (Å²) in [5, 5.41) is 12.4. The van der Waals surface area contributed by atoms with Crippen LogP contribution in [0.4, 0.5) is 0 Å². The van der Waals surface area contributed by atoms with E-state index >= 15 is 0 Å². The predicted molar refractivity (Wildman–Crippen MR) is 60.4 cm³/mol. The SMILES string of the molecule is CNC1(C#N)CCC(N(C)C2CCC2)C1. The van der Waals surface area contributed by atoms with Gasteiger partial charge in [-0.1, -0.05) is 6.42 Å². The molecule has 0 aromatic heterocycles. The van der Waals surface area contributed by atoms with Crippen LogP contribution in [-0.4, -0.2) is 36.6 Å². The first kappa shape index (κ1) is 10.9. The van der Waals surface area contributed by atoms with Gasteiger partial charge >= 0.3 is 0 Å². The fourth-order valence-electron chi connectivity index (χ4n) is 2.84. The van der Waals surface area contributed by atoms with Crippen LogP contribution in [0.2, 0.25) is 0 Å². The smallest absolute Gasteiger partial charge is 0.108 e. The van der Waals surface area contributed by atoms with Crippen LogP contribution in [0, 0.1) is 11.3 Å². The Kier molecular flexibility index (Phi) is 2.99. The van der Waals surface area contributed by atoms with Crippen molar-refractivity contribution in [3.63, 3.8) is 0 Å². The molecule has 2 aliphatic carbocycles. The molecule has 0 saturated heterocycles. The van der Waals surface area contributed by atoms with Crippen LogP contribution in [0.1, 0.15) is 38.5 Å². The molecule has 0 amide bonds. The summed E-state index contributed by atoms with van der Waals surface area (Å²) in [4.78, 5) is 2.51. The van der Waals surface area contributed by atoms with E-state index in [-0.39, 0.29) is 5.54 Å². The first-order valence-corrected chi connectivity index (χ1v) is 6.03. The lowest BCUT2D eigenvalue weighted by molar-refractivity contribution is 0.109. The normalized spacial score (nSPS) is 36.5. The molecule has 0 spiro atoms. The maximum Gasteiger partial charge on any atom is 0.108 e. The molecule has 2 aliphatic rings. The van der Waals surface area contributed by atoms with Gasteiger partial charge in [-0.15, -0.1) is 0 Å². The number of nitrogens with zero attached hydrogens (tertiary/aromatic N) is 2. The van der Waals surface area contributed by atoms with Crippen molar-refractivity contribution in [3.05, 3.63) is 0 Å². The number of rotatable bonds is 3. The lowest BCUT2D eigenvalue weighted by Crippen LogP contribution is -2.45. The van der Waals surface area contributed by atoms with E-state index in [0.29, 0.717) is 6.04 Å². The second-order valence-corrected chi connectivity index (χ2v) is 5.09. The highest BCUT2D eigenvalue weighted by Gasteiger charge is 2.41. The minimum Gasteiger partial charge on any atom is -0.302 e. The summed E-state index contributed by atoms with van der Waals surface area (Å²) < 4.78 is 0. The Labute approximate surface area is 92.4 Å². The summed E-state index contributed by atoms with van der Waals surface area (Å²) in [5.74, 6) is 0. The maximum atomic E-state index is 9.19. The molecular formula is C12H21N3. The number of nitrogens with one attached hydrogen (secondary N) is 1. The van der Waals surface area contributed by atoms with Crippen LogP contribution in [0.3, 0.4) is 0 Å². The molecule has 2 saturated carbocycles. The first-order valence-electron chi connectivity index (χ1n) is 6.03. The van der Waals surface area contributed by atoms with Crippen molar-refractivity contribution in [2.24, 2.45) is 0 Å². The van der Waals surface area contributed by atoms with Crippen LogP contribution in [-0.2, 0) is 0 Å². The summed E-state index contributed by atoms with van der Waals surface area (Å²) in [5.41, 5.74) is -0.247. The van der Waals surface area contributed by atoms with Gasteiger partial charge in [0.05, 0.1) is 6.07 Å². The van der Waals surface area contributed by atoms with E-state index in [1.165, 1.54) is 25.7 Å². The minimum atomic E-state index is -0.247. The highest BCUT2D eigenvalue weighted by Crippen LogP contribution is 2.35. The Balaban J connectivity index is 1.94. The summed E-state index contributed by atoms with van der Waals surface area (Å²) >= 11 is 0. The summed E-state index contributed by atoms with van der Waals surface area (Å²) in [6, 6.07) is 3.86. The van der Waals surface area contributed by atoms with Gasteiger partial charge in [0.2, 0.25) is 0 Å². The van der Waals surface area contributed by atoms with Gasteiger partial charge in [0.25, 0.3) is 0 Å². The molecule has 2 fully saturated rings. The van der Waals surface area contributed by atoms with E-state index in [1.54, 1.807) is 0 Å². The topological polar surface area (TPSA) is 39.1 Å². The summed E-state index contributed by atoms with van der Waals surface area (Å²) in [6.07, 6.45) is 7.26. The molecule has 3 heteroatoms. The third-order valence-electron chi connectivity index (χ3n) is 4.41. The molecule has 1 N–H and O–H groups in total. The van der Waals surface area contributed by atoms with Crippen molar-refractivity contribution in [1.82, 2.24) is 10.2 Å². The van der Waals surface area contributed by atoms with Gasteiger partial charge in [-0.25, -0.2) is 0 Å². The lowest BCUT2D eigenvalue weighted by Gasteiger charge is -2.39. The molecule has 0 aliphatic heterocycles. The van der Waals surface area contributed by atoms with E-state index in [1.807, 2.05) is 7.05 Å². The van der Waals surface area contributed by atoms with Crippen LogP contribution >= 0.6 is 0 Å². The Morgan fingerprint density at radius 2 is 2.07 bits per heavy atom. The highest BCUT2D eigenvalue weighted by atomic mass is 15.2. The van der Waals surface area contributed by atoms with Crippen LogP contribution < -0.4 is 5.32 Å².